The van der Waals surface area contributed by atoms with Crippen molar-refractivity contribution in [2.45, 2.75) is 29.6 Å². The molecule has 3 N–H and O–H groups in total. The van der Waals surface area contributed by atoms with Crippen molar-refractivity contribution >= 4 is 38.2 Å². The van der Waals surface area contributed by atoms with Crippen LogP contribution in [0.25, 0.3) is 10.8 Å². The van der Waals surface area contributed by atoms with Gasteiger partial charge in [-0.1, -0.05) is 56.8 Å². The van der Waals surface area contributed by atoms with Crippen LogP contribution in [0.3, 0.4) is 0 Å². The molecule has 0 aliphatic carbocycles. The summed E-state index contributed by atoms with van der Waals surface area (Å²) in [7, 11) is -3.83. The second kappa shape index (κ2) is 8.39. The number of hydrogen-bond donors (Lipinski definition) is 3. The van der Waals surface area contributed by atoms with Crippen LogP contribution in [0, 0.1) is 0 Å². The number of phenolic OH excluding ortho intramolecular Hbond substituents is 1. The van der Waals surface area contributed by atoms with Crippen molar-refractivity contribution in [2.75, 3.05) is 10.5 Å². The average Bonchev–Trinajstić information content (AvgIpc) is 2.69. The summed E-state index contributed by atoms with van der Waals surface area (Å²) in [5.41, 5.74) is 1.29. The van der Waals surface area contributed by atoms with Crippen molar-refractivity contribution in [3.05, 3.63) is 72.5 Å². The average molecular weight is 430 g/mol. The normalized spacial score (nSPS) is 11.7. The number of rotatable bonds is 7. The number of aliphatic hydroxyl groups is 1. The fourth-order valence-corrected chi connectivity index (χ4v) is 4.83. The zero-order valence-corrected chi connectivity index (χ0v) is 17.8. The maximum absolute atomic E-state index is 13.0. The van der Waals surface area contributed by atoms with Crippen LogP contribution in [0.2, 0.25) is 0 Å². The SMILES string of the molecule is C=C(O)CSc1cc(NS(=O)(=O)c2cccc(C(C)C)c2)c2ccccc2c1O. The van der Waals surface area contributed by atoms with Gasteiger partial charge in [0.2, 0.25) is 0 Å². The van der Waals surface area contributed by atoms with E-state index in [4.69, 9.17) is 0 Å². The smallest absolute Gasteiger partial charge is 0.261 e. The molecular weight excluding hydrogens is 406 g/mol. The van der Waals surface area contributed by atoms with E-state index in [1.54, 1.807) is 48.5 Å². The molecule has 3 aromatic rings. The maximum Gasteiger partial charge on any atom is 0.261 e. The molecule has 0 saturated carbocycles. The highest BCUT2D eigenvalue weighted by molar-refractivity contribution is 7.99. The van der Waals surface area contributed by atoms with Crippen LogP contribution < -0.4 is 4.72 Å². The van der Waals surface area contributed by atoms with Gasteiger partial charge in [-0.25, -0.2) is 8.42 Å². The number of sulfonamides is 1. The number of aliphatic hydroxyl groups excluding tert-OH is 1. The molecule has 0 bridgehead atoms. The van der Waals surface area contributed by atoms with E-state index in [1.807, 2.05) is 19.9 Å². The molecule has 0 heterocycles. The quantitative estimate of drug-likeness (QED) is 0.257. The Morgan fingerprint density at radius 3 is 2.45 bits per heavy atom. The molecule has 3 aromatic carbocycles. The lowest BCUT2D eigenvalue weighted by atomic mass is 10.0. The lowest BCUT2D eigenvalue weighted by Gasteiger charge is -2.15. The van der Waals surface area contributed by atoms with E-state index in [2.05, 4.69) is 11.3 Å². The van der Waals surface area contributed by atoms with E-state index in [0.717, 1.165) is 5.56 Å². The first kappa shape index (κ1) is 21.1. The van der Waals surface area contributed by atoms with Gasteiger partial charge in [0.1, 0.15) is 5.75 Å². The Bertz CT molecular complexity index is 1170. The van der Waals surface area contributed by atoms with E-state index < -0.39 is 10.0 Å². The molecule has 3 rings (SSSR count). The van der Waals surface area contributed by atoms with Gasteiger partial charge in [0.15, 0.2) is 0 Å². The molecule has 0 amide bonds. The van der Waals surface area contributed by atoms with Crippen molar-refractivity contribution in [1.29, 1.82) is 0 Å². The number of anilines is 1. The van der Waals surface area contributed by atoms with Crippen LogP contribution in [-0.2, 0) is 10.0 Å². The minimum absolute atomic E-state index is 0.0322. The summed E-state index contributed by atoms with van der Waals surface area (Å²) in [6, 6.07) is 15.4. The van der Waals surface area contributed by atoms with Gasteiger partial charge in [-0.05, 0) is 29.7 Å². The van der Waals surface area contributed by atoms with E-state index >= 15 is 0 Å². The van der Waals surface area contributed by atoms with E-state index in [9.17, 15) is 18.6 Å². The van der Waals surface area contributed by atoms with Crippen LogP contribution in [0.4, 0.5) is 5.69 Å². The molecule has 0 aliphatic rings. The molecule has 0 aliphatic heterocycles. The van der Waals surface area contributed by atoms with Crippen LogP contribution in [0.1, 0.15) is 25.3 Å². The minimum atomic E-state index is -3.83. The lowest BCUT2D eigenvalue weighted by Crippen LogP contribution is -2.13. The van der Waals surface area contributed by atoms with Crippen LogP contribution in [-0.4, -0.2) is 24.4 Å². The Morgan fingerprint density at radius 1 is 1.10 bits per heavy atom. The van der Waals surface area contributed by atoms with Crippen molar-refractivity contribution in [3.63, 3.8) is 0 Å². The highest BCUT2D eigenvalue weighted by Gasteiger charge is 2.19. The van der Waals surface area contributed by atoms with Gasteiger partial charge in [-0.2, -0.15) is 0 Å². The Morgan fingerprint density at radius 2 is 1.79 bits per heavy atom. The summed E-state index contributed by atoms with van der Waals surface area (Å²) in [4.78, 5) is 0.631. The predicted octanol–water partition coefficient (Wildman–Crippen LogP) is 5.63. The van der Waals surface area contributed by atoms with Crippen LogP contribution >= 0.6 is 11.8 Å². The van der Waals surface area contributed by atoms with Gasteiger partial charge in [-0.3, -0.25) is 4.72 Å². The Labute approximate surface area is 175 Å². The number of fused-ring (bicyclic) bond motifs is 1. The second-order valence-electron chi connectivity index (χ2n) is 7.00. The first-order chi connectivity index (χ1) is 13.7. The van der Waals surface area contributed by atoms with E-state index in [0.29, 0.717) is 21.4 Å². The molecule has 152 valence electrons. The molecule has 0 spiro atoms. The molecular formula is C22H23NO4S2. The summed E-state index contributed by atoms with van der Waals surface area (Å²) in [5.74, 6) is 0.398. The van der Waals surface area contributed by atoms with Gasteiger partial charge < -0.3 is 10.2 Å². The zero-order valence-electron chi connectivity index (χ0n) is 16.2. The van der Waals surface area contributed by atoms with Gasteiger partial charge in [0, 0.05) is 10.8 Å². The Balaban J connectivity index is 2.08. The molecule has 5 nitrogen and oxygen atoms in total. The van der Waals surface area contributed by atoms with Crippen LogP contribution in [0.5, 0.6) is 5.75 Å². The molecule has 7 heteroatoms. The topological polar surface area (TPSA) is 86.6 Å². The number of phenols is 1. The third kappa shape index (κ3) is 4.68. The summed E-state index contributed by atoms with van der Waals surface area (Å²) in [6.45, 7) is 7.46. The highest BCUT2D eigenvalue weighted by Crippen LogP contribution is 2.40. The number of nitrogens with one attached hydrogen (secondary N) is 1. The number of hydrogen-bond acceptors (Lipinski definition) is 5. The van der Waals surface area contributed by atoms with Crippen molar-refractivity contribution in [2.24, 2.45) is 0 Å². The third-order valence-corrected chi connectivity index (χ3v) is 6.92. The Kier molecular flexibility index (Phi) is 6.10. The largest absolute Gasteiger partial charge is 0.512 e. The minimum Gasteiger partial charge on any atom is -0.512 e. The summed E-state index contributed by atoms with van der Waals surface area (Å²) >= 11 is 1.18. The van der Waals surface area contributed by atoms with Gasteiger partial charge in [0.05, 0.1) is 27.0 Å². The lowest BCUT2D eigenvalue weighted by molar-refractivity contribution is 0.420. The summed E-state index contributed by atoms with van der Waals surface area (Å²) in [5, 5.41) is 21.1. The van der Waals surface area contributed by atoms with Gasteiger partial charge >= 0.3 is 0 Å². The predicted molar refractivity (Wildman–Crippen MR) is 119 cm³/mol. The number of benzene rings is 3. The van der Waals surface area contributed by atoms with Crippen molar-refractivity contribution < 1.29 is 18.6 Å². The van der Waals surface area contributed by atoms with Crippen LogP contribution in [0.15, 0.2) is 76.7 Å². The van der Waals surface area contributed by atoms with Gasteiger partial charge in [-0.15, -0.1) is 11.8 Å². The molecule has 0 atom stereocenters. The molecule has 0 radical (unpaired) electrons. The third-order valence-electron chi connectivity index (χ3n) is 4.45. The second-order valence-corrected chi connectivity index (χ2v) is 9.70. The standard InChI is InChI=1S/C22H23NO4S2/c1-14(2)16-7-6-8-17(11-16)29(26,27)23-20-12-21(28-13-15(3)24)22(25)19-10-5-4-9-18(19)20/h4-12,14,23-25H,3,13H2,1-2H3. The molecule has 0 aromatic heterocycles. The Hall–Kier alpha value is -2.64. The number of aromatic hydroxyl groups is 1. The van der Waals surface area contributed by atoms with Gasteiger partial charge in [0.25, 0.3) is 10.0 Å². The molecule has 0 fully saturated rings. The molecule has 0 unspecified atom stereocenters. The van der Waals surface area contributed by atoms with Crippen molar-refractivity contribution in [1.82, 2.24) is 0 Å². The molecule has 0 saturated heterocycles. The summed E-state index contributed by atoms with van der Waals surface area (Å²) < 4.78 is 28.8. The maximum atomic E-state index is 13.0. The molecule has 29 heavy (non-hydrogen) atoms. The number of thioether (sulfide) groups is 1. The monoisotopic (exact) mass is 429 g/mol. The van der Waals surface area contributed by atoms with E-state index in [-0.39, 0.29) is 28.1 Å². The van der Waals surface area contributed by atoms with Crippen molar-refractivity contribution in [3.8, 4) is 5.75 Å². The summed E-state index contributed by atoms with van der Waals surface area (Å²) in [6.07, 6.45) is 0. The first-order valence-electron chi connectivity index (χ1n) is 9.06. The first-order valence-corrected chi connectivity index (χ1v) is 11.5. The fraction of sp³-hybridized carbons (Fsp3) is 0.182. The zero-order chi connectivity index (χ0) is 21.2. The highest BCUT2D eigenvalue weighted by atomic mass is 32.2. The fourth-order valence-electron chi connectivity index (χ4n) is 2.93. The van der Waals surface area contributed by atoms with E-state index in [1.165, 1.54) is 11.8 Å².